The highest BCUT2D eigenvalue weighted by atomic mass is 35.5. The molecule has 0 amide bonds. The lowest BCUT2D eigenvalue weighted by Crippen LogP contribution is -2.27. The molecule has 5 heteroatoms. The van der Waals surface area contributed by atoms with Crippen LogP contribution in [0.3, 0.4) is 0 Å². The Labute approximate surface area is 162 Å². The zero-order chi connectivity index (χ0) is 17.2. The molecule has 0 aliphatic carbocycles. The lowest BCUT2D eigenvalue weighted by molar-refractivity contribution is 0.303. The van der Waals surface area contributed by atoms with E-state index in [1.165, 1.54) is 5.56 Å². The van der Waals surface area contributed by atoms with Crippen molar-refractivity contribution in [3.05, 3.63) is 64.7 Å². The third kappa shape index (κ3) is 8.59. The largest absolute Gasteiger partial charge is 0.493 e. The van der Waals surface area contributed by atoms with E-state index in [9.17, 15) is 0 Å². The van der Waals surface area contributed by atoms with Crippen LogP contribution in [0.4, 0.5) is 0 Å². The molecule has 0 aliphatic rings. The molecule has 0 heterocycles. The van der Waals surface area contributed by atoms with Crippen LogP contribution in [0.2, 0.25) is 5.02 Å². The van der Waals surface area contributed by atoms with Gasteiger partial charge in [-0.1, -0.05) is 41.9 Å². The van der Waals surface area contributed by atoms with Crippen molar-refractivity contribution in [1.29, 1.82) is 0 Å². The topological polar surface area (TPSA) is 24.5 Å². The maximum Gasteiger partial charge on any atom is 0.122 e. The maximum absolute atomic E-state index is 6.16. The third-order valence-corrected chi connectivity index (χ3v) is 3.99. The van der Waals surface area contributed by atoms with Crippen LogP contribution in [-0.2, 0) is 6.42 Å². The number of likely N-dealkylation sites (N-methyl/N-ethyl adjacent to an activating group) is 1. The second-order valence-electron chi connectivity index (χ2n) is 6.17. The summed E-state index contributed by atoms with van der Waals surface area (Å²) in [5, 5.41) is 4.17. The summed E-state index contributed by atoms with van der Waals surface area (Å²) in [7, 11) is 4.17. The average molecular weight is 383 g/mol. The predicted molar refractivity (Wildman–Crippen MR) is 109 cm³/mol. The number of hydrogen-bond donors (Lipinski definition) is 1. The average Bonchev–Trinajstić information content (AvgIpc) is 2.56. The molecule has 138 valence electrons. The summed E-state index contributed by atoms with van der Waals surface area (Å²) >= 11 is 6.16. The molecule has 0 bridgehead atoms. The molecular weight excluding hydrogens is 355 g/mol. The monoisotopic (exact) mass is 382 g/mol. The minimum atomic E-state index is 0. The van der Waals surface area contributed by atoms with Crippen molar-refractivity contribution in [2.24, 2.45) is 0 Å². The molecule has 0 unspecified atom stereocenters. The SMILES string of the molecule is CN(C)CCNCCCOc1ccc(Cl)cc1Cc1ccccc1.Cl. The van der Waals surface area contributed by atoms with E-state index < -0.39 is 0 Å². The number of halogens is 2. The Hall–Kier alpha value is -1.26. The molecule has 25 heavy (non-hydrogen) atoms. The van der Waals surface area contributed by atoms with Gasteiger partial charge in [-0.15, -0.1) is 12.4 Å². The Kier molecular flexibility index (Phi) is 10.6. The standard InChI is InChI=1S/C20H27ClN2O.ClH/c1-23(2)13-12-22-11-6-14-24-20-10-9-19(21)16-18(20)15-17-7-4-3-5-8-17;/h3-5,7-10,16,22H,6,11-15H2,1-2H3;1H. The summed E-state index contributed by atoms with van der Waals surface area (Å²) in [6.45, 7) is 3.74. The first-order chi connectivity index (χ1) is 11.6. The Morgan fingerprint density at radius 1 is 1.04 bits per heavy atom. The Morgan fingerprint density at radius 3 is 2.52 bits per heavy atom. The van der Waals surface area contributed by atoms with E-state index in [4.69, 9.17) is 16.3 Å². The summed E-state index contributed by atoms with van der Waals surface area (Å²) in [5.74, 6) is 0.927. The van der Waals surface area contributed by atoms with Crippen molar-refractivity contribution in [3.8, 4) is 5.75 Å². The van der Waals surface area contributed by atoms with Crippen molar-refractivity contribution < 1.29 is 4.74 Å². The zero-order valence-corrected chi connectivity index (χ0v) is 16.6. The van der Waals surface area contributed by atoms with Crippen molar-refractivity contribution in [2.45, 2.75) is 12.8 Å². The molecular formula is C20H28Cl2N2O. The van der Waals surface area contributed by atoms with E-state index in [2.05, 4.69) is 48.6 Å². The summed E-state index contributed by atoms with van der Waals surface area (Å²) in [4.78, 5) is 2.17. The highest BCUT2D eigenvalue weighted by Crippen LogP contribution is 2.25. The predicted octanol–water partition coefficient (Wildman–Crippen LogP) is 4.27. The van der Waals surface area contributed by atoms with Gasteiger partial charge in [0.1, 0.15) is 5.75 Å². The van der Waals surface area contributed by atoms with Gasteiger partial charge < -0.3 is 15.0 Å². The van der Waals surface area contributed by atoms with Gasteiger partial charge in [0.2, 0.25) is 0 Å². The smallest absolute Gasteiger partial charge is 0.122 e. The quantitative estimate of drug-likeness (QED) is 0.620. The van der Waals surface area contributed by atoms with Crippen LogP contribution in [0.15, 0.2) is 48.5 Å². The van der Waals surface area contributed by atoms with Gasteiger partial charge in [-0.25, -0.2) is 0 Å². The number of ether oxygens (including phenoxy) is 1. The minimum Gasteiger partial charge on any atom is -0.493 e. The molecule has 0 aromatic heterocycles. The zero-order valence-electron chi connectivity index (χ0n) is 15.0. The Balaban J connectivity index is 0.00000312. The van der Waals surface area contributed by atoms with Crippen molar-refractivity contribution in [1.82, 2.24) is 10.2 Å². The summed E-state index contributed by atoms with van der Waals surface area (Å²) in [5.41, 5.74) is 2.39. The highest BCUT2D eigenvalue weighted by molar-refractivity contribution is 6.30. The molecule has 0 atom stereocenters. The summed E-state index contributed by atoms with van der Waals surface area (Å²) in [6, 6.07) is 16.3. The third-order valence-electron chi connectivity index (χ3n) is 3.75. The lowest BCUT2D eigenvalue weighted by atomic mass is 10.0. The molecule has 0 fully saturated rings. The van der Waals surface area contributed by atoms with Crippen LogP contribution in [0.25, 0.3) is 0 Å². The molecule has 0 saturated carbocycles. The van der Waals surface area contributed by atoms with Crippen LogP contribution in [0.1, 0.15) is 17.5 Å². The number of nitrogens with zero attached hydrogens (tertiary/aromatic N) is 1. The van der Waals surface area contributed by atoms with Gasteiger partial charge >= 0.3 is 0 Å². The molecule has 2 rings (SSSR count). The van der Waals surface area contributed by atoms with Gasteiger partial charge in [0, 0.05) is 24.5 Å². The van der Waals surface area contributed by atoms with Crippen LogP contribution in [0.5, 0.6) is 5.75 Å². The molecule has 0 spiro atoms. The van der Waals surface area contributed by atoms with E-state index >= 15 is 0 Å². The van der Waals surface area contributed by atoms with Crippen molar-refractivity contribution >= 4 is 24.0 Å². The second kappa shape index (κ2) is 12.2. The van der Waals surface area contributed by atoms with Gasteiger partial charge in [0.25, 0.3) is 0 Å². The normalized spacial score (nSPS) is 10.6. The number of rotatable bonds is 10. The van der Waals surface area contributed by atoms with Gasteiger partial charge in [0.15, 0.2) is 0 Å². The maximum atomic E-state index is 6.16. The molecule has 3 nitrogen and oxygen atoms in total. The molecule has 0 radical (unpaired) electrons. The van der Waals surface area contributed by atoms with E-state index in [1.54, 1.807) is 0 Å². The van der Waals surface area contributed by atoms with E-state index in [-0.39, 0.29) is 12.4 Å². The molecule has 0 aliphatic heterocycles. The van der Waals surface area contributed by atoms with Gasteiger partial charge in [-0.05, 0) is 56.4 Å². The molecule has 0 saturated heterocycles. The summed E-state index contributed by atoms with van der Waals surface area (Å²) < 4.78 is 5.98. The fourth-order valence-electron chi connectivity index (χ4n) is 2.45. The Morgan fingerprint density at radius 2 is 1.80 bits per heavy atom. The highest BCUT2D eigenvalue weighted by Gasteiger charge is 2.06. The summed E-state index contributed by atoms with van der Waals surface area (Å²) in [6.07, 6.45) is 1.82. The van der Waals surface area contributed by atoms with Gasteiger partial charge in [0.05, 0.1) is 6.61 Å². The minimum absolute atomic E-state index is 0. The van der Waals surface area contributed by atoms with E-state index in [0.717, 1.165) is 48.8 Å². The van der Waals surface area contributed by atoms with Crippen LogP contribution >= 0.6 is 24.0 Å². The molecule has 2 aromatic carbocycles. The van der Waals surface area contributed by atoms with Crippen LogP contribution in [-0.4, -0.2) is 45.2 Å². The fourth-order valence-corrected chi connectivity index (χ4v) is 2.64. The van der Waals surface area contributed by atoms with Crippen LogP contribution in [0, 0.1) is 0 Å². The fraction of sp³-hybridized carbons (Fsp3) is 0.400. The molecule has 1 N–H and O–H groups in total. The van der Waals surface area contributed by atoms with Crippen molar-refractivity contribution in [2.75, 3.05) is 40.3 Å². The molecule has 2 aromatic rings. The Bertz CT molecular complexity index is 606. The first-order valence-corrected chi connectivity index (χ1v) is 8.83. The first-order valence-electron chi connectivity index (χ1n) is 8.46. The van der Waals surface area contributed by atoms with Gasteiger partial charge in [-0.2, -0.15) is 0 Å². The van der Waals surface area contributed by atoms with Gasteiger partial charge in [-0.3, -0.25) is 0 Å². The van der Waals surface area contributed by atoms with Crippen molar-refractivity contribution in [3.63, 3.8) is 0 Å². The number of nitrogens with one attached hydrogen (secondary N) is 1. The second-order valence-corrected chi connectivity index (χ2v) is 6.61. The number of benzene rings is 2. The first kappa shape index (κ1) is 21.8. The number of hydrogen-bond acceptors (Lipinski definition) is 3. The lowest BCUT2D eigenvalue weighted by Gasteiger charge is -2.13. The van der Waals surface area contributed by atoms with Crippen LogP contribution < -0.4 is 10.1 Å². The van der Waals surface area contributed by atoms with E-state index in [0.29, 0.717) is 6.61 Å². The van der Waals surface area contributed by atoms with E-state index in [1.807, 2.05) is 24.3 Å².